The second-order valence-corrected chi connectivity index (χ2v) is 14.1. The van der Waals surface area contributed by atoms with E-state index in [2.05, 4.69) is 177 Å². The molecule has 2 nitrogen and oxygen atoms in total. The van der Waals surface area contributed by atoms with Crippen molar-refractivity contribution in [2.45, 2.75) is 44.9 Å². The Bertz CT molecular complexity index is 2360. The van der Waals surface area contributed by atoms with Gasteiger partial charge in [0.2, 0.25) is 0 Å². The number of hydrogen-bond acceptors (Lipinski definition) is 2. The molecule has 1 atom stereocenters. The van der Waals surface area contributed by atoms with Gasteiger partial charge in [-0.3, -0.25) is 0 Å². The van der Waals surface area contributed by atoms with Gasteiger partial charge in [-0.05, 0) is 93.6 Å². The van der Waals surface area contributed by atoms with E-state index in [-0.39, 0.29) is 5.41 Å². The van der Waals surface area contributed by atoms with Crippen LogP contribution in [0.5, 0.6) is 0 Å². The molecule has 2 aliphatic carbocycles. The third-order valence-electron chi connectivity index (χ3n) is 10.8. The first-order chi connectivity index (χ1) is 24.0. The Labute approximate surface area is 289 Å². The van der Waals surface area contributed by atoms with Crippen LogP contribution in [-0.4, -0.2) is 0 Å². The molecule has 1 heterocycles. The molecule has 0 bridgehead atoms. The molecular weight excluding hydrogens is 595 g/mol. The van der Waals surface area contributed by atoms with Crippen molar-refractivity contribution in [2.24, 2.45) is 0 Å². The van der Waals surface area contributed by atoms with Gasteiger partial charge in [-0.25, -0.2) is 0 Å². The summed E-state index contributed by atoms with van der Waals surface area (Å²) in [6.07, 6.45) is 4.46. The molecule has 0 amide bonds. The Balaban J connectivity index is 1.17. The summed E-state index contributed by atoms with van der Waals surface area (Å²) in [5.74, 6) is 1.37. The summed E-state index contributed by atoms with van der Waals surface area (Å²) in [4.78, 5) is 2.43. The number of allylic oxidation sites excluding steroid dienone is 1. The zero-order valence-corrected chi connectivity index (χ0v) is 28.3. The molecular formula is C47H39NO. The topological polar surface area (TPSA) is 16.4 Å². The molecule has 9 rings (SSSR count). The fraction of sp³-hybridized carbons (Fsp3) is 0.149. The maximum Gasteiger partial charge on any atom is 0.155 e. The number of rotatable bonds is 5. The lowest BCUT2D eigenvalue weighted by Crippen LogP contribution is -2.18. The summed E-state index contributed by atoms with van der Waals surface area (Å²) in [6, 6.07) is 52.9. The highest BCUT2D eigenvalue weighted by atomic mass is 16.3. The van der Waals surface area contributed by atoms with Gasteiger partial charge in [-0.2, -0.15) is 0 Å². The van der Waals surface area contributed by atoms with Crippen LogP contribution in [-0.2, 0) is 5.41 Å². The molecule has 1 unspecified atom stereocenters. The van der Waals surface area contributed by atoms with Crippen molar-refractivity contribution in [3.63, 3.8) is 0 Å². The molecule has 0 saturated carbocycles. The molecule has 0 N–H and O–H groups in total. The van der Waals surface area contributed by atoms with Crippen LogP contribution in [0.2, 0.25) is 0 Å². The molecule has 0 radical (unpaired) electrons. The minimum Gasteiger partial charge on any atom is -0.454 e. The van der Waals surface area contributed by atoms with Crippen LogP contribution in [0.3, 0.4) is 0 Å². The Morgan fingerprint density at radius 3 is 1.94 bits per heavy atom. The molecule has 0 fully saturated rings. The van der Waals surface area contributed by atoms with E-state index >= 15 is 0 Å². The fourth-order valence-corrected chi connectivity index (χ4v) is 8.19. The quantitative estimate of drug-likeness (QED) is 0.187. The van der Waals surface area contributed by atoms with Crippen molar-refractivity contribution in [1.29, 1.82) is 0 Å². The molecule has 1 aromatic heterocycles. The predicted octanol–water partition coefficient (Wildman–Crippen LogP) is 13.1. The number of hydrogen-bond donors (Lipinski definition) is 0. The maximum atomic E-state index is 6.79. The fourth-order valence-electron chi connectivity index (χ4n) is 8.19. The number of para-hydroxylation sites is 1. The van der Waals surface area contributed by atoms with E-state index in [1.165, 1.54) is 55.5 Å². The van der Waals surface area contributed by atoms with Gasteiger partial charge < -0.3 is 9.32 Å². The van der Waals surface area contributed by atoms with Gasteiger partial charge in [0, 0.05) is 27.7 Å². The van der Waals surface area contributed by atoms with Crippen molar-refractivity contribution in [3.8, 4) is 33.4 Å². The van der Waals surface area contributed by atoms with Gasteiger partial charge >= 0.3 is 0 Å². The second-order valence-electron chi connectivity index (χ2n) is 14.1. The van der Waals surface area contributed by atoms with E-state index in [0.29, 0.717) is 5.92 Å². The summed E-state index contributed by atoms with van der Waals surface area (Å²) >= 11 is 0. The smallest absolute Gasteiger partial charge is 0.155 e. The first-order valence-corrected chi connectivity index (χ1v) is 17.5. The van der Waals surface area contributed by atoms with Gasteiger partial charge in [-0.15, -0.1) is 0 Å². The summed E-state index contributed by atoms with van der Waals surface area (Å²) in [5, 5.41) is 1.22. The van der Waals surface area contributed by atoms with E-state index in [1.807, 2.05) is 0 Å². The van der Waals surface area contributed by atoms with E-state index < -0.39 is 0 Å². The maximum absolute atomic E-state index is 6.79. The molecule has 7 aromatic rings. The lowest BCUT2D eigenvalue weighted by molar-refractivity contribution is 0.584. The molecule has 6 aromatic carbocycles. The molecule has 49 heavy (non-hydrogen) atoms. The highest BCUT2D eigenvalue weighted by Gasteiger charge is 2.36. The Morgan fingerprint density at radius 1 is 0.592 bits per heavy atom. The van der Waals surface area contributed by atoms with Crippen molar-refractivity contribution >= 4 is 28.0 Å². The van der Waals surface area contributed by atoms with Crippen LogP contribution in [0.15, 0.2) is 156 Å². The average Bonchev–Trinajstić information content (AvgIpc) is 3.58. The van der Waals surface area contributed by atoms with Crippen LogP contribution in [0.25, 0.3) is 50.0 Å². The lowest BCUT2D eigenvalue weighted by Gasteiger charge is -2.29. The molecule has 0 spiro atoms. The molecule has 0 saturated heterocycles. The number of fused-ring (bicyclic) bond motifs is 6. The Hall–Kier alpha value is -5.60. The van der Waals surface area contributed by atoms with E-state index in [9.17, 15) is 0 Å². The van der Waals surface area contributed by atoms with E-state index in [4.69, 9.17) is 4.42 Å². The summed E-state index contributed by atoms with van der Waals surface area (Å²) in [7, 11) is 0. The molecule has 0 aliphatic heterocycles. The van der Waals surface area contributed by atoms with Gasteiger partial charge in [0.05, 0.1) is 5.70 Å². The Kier molecular flexibility index (Phi) is 6.95. The summed E-state index contributed by atoms with van der Waals surface area (Å²) in [6.45, 7) is 7.05. The highest BCUT2D eigenvalue weighted by molar-refractivity contribution is 5.95. The largest absolute Gasteiger partial charge is 0.454 e. The first kappa shape index (κ1) is 29.5. The third-order valence-corrected chi connectivity index (χ3v) is 10.8. The minimum absolute atomic E-state index is 0.0970. The van der Waals surface area contributed by atoms with Gasteiger partial charge in [-0.1, -0.05) is 142 Å². The normalized spacial score (nSPS) is 16.0. The molecule has 238 valence electrons. The first-order valence-electron chi connectivity index (χ1n) is 17.5. The van der Waals surface area contributed by atoms with Crippen LogP contribution in [0, 0.1) is 0 Å². The molecule has 2 heteroatoms. The van der Waals surface area contributed by atoms with E-state index in [1.54, 1.807) is 0 Å². The number of anilines is 2. The zero-order valence-electron chi connectivity index (χ0n) is 28.3. The monoisotopic (exact) mass is 633 g/mol. The second kappa shape index (κ2) is 11.5. The van der Waals surface area contributed by atoms with E-state index in [0.717, 1.165) is 41.3 Å². The van der Waals surface area contributed by atoms with Crippen molar-refractivity contribution in [1.82, 2.24) is 0 Å². The van der Waals surface area contributed by atoms with Gasteiger partial charge in [0.1, 0.15) is 5.58 Å². The number of benzene rings is 6. The van der Waals surface area contributed by atoms with Crippen LogP contribution in [0.4, 0.5) is 11.4 Å². The number of nitrogens with zero attached hydrogens (tertiary/aromatic N) is 1. The van der Waals surface area contributed by atoms with Crippen LogP contribution in [0.1, 0.15) is 62.0 Å². The average molecular weight is 634 g/mol. The van der Waals surface area contributed by atoms with Crippen molar-refractivity contribution < 1.29 is 4.42 Å². The zero-order chi connectivity index (χ0) is 33.1. The predicted molar refractivity (Wildman–Crippen MR) is 205 cm³/mol. The summed E-state index contributed by atoms with van der Waals surface area (Å²) in [5.41, 5.74) is 15.8. The van der Waals surface area contributed by atoms with Crippen molar-refractivity contribution in [3.05, 3.63) is 174 Å². The highest BCUT2D eigenvalue weighted by Crippen LogP contribution is 2.51. The minimum atomic E-state index is -0.0970. The third kappa shape index (κ3) is 4.85. The lowest BCUT2D eigenvalue weighted by atomic mass is 9.82. The Morgan fingerprint density at radius 2 is 1.18 bits per heavy atom. The number of furan rings is 1. The van der Waals surface area contributed by atoms with Crippen molar-refractivity contribution in [2.75, 3.05) is 4.90 Å². The van der Waals surface area contributed by atoms with Crippen LogP contribution < -0.4 is 4.90 Å². The van der Waals surface area contributed by atoms with Gasteiger partial charge in [0.15, 0.2) is 5.76 Å². The standard InChI is InChI=1S/C47H39NO/c1-31-12-11-18-43(46-45(31)40-16-8-10-19-44(40)49-46)48(37-28-29-39-38-15-7-9-17-41(38)47(2,3)42(39)30-37)36-26-24-35(25-27-36)34-22-20-33(21-23-34)32-13-5-4-6-14-32/h4-10,13-31H,11-12H2,1-3H3. The SMILES string of the molecule is CC1CCC=C(N(c2ccc(-c3ccc(-c4ccccc4)cc3)cc2)c2ccc3c(c2)C(C)(C)c2ccccc2-3)c2oc3ccccc3c21. The van der Waals surface area contributed by atoms with Gasteiger partial charge in [0.25, 0.3) is 0 Å². The summed E-state index contributed by atoms with van der Waals surface area (Å²) < 4.78 is 6.79. The molecule has 2 aliphatic rings. The van der Waals surface area contributed by atoms with Crippen LogP contribution >= 0.6 is 0 Å².